The molecule has 64 valence electrons. The molecular weight excluding hydrogens is 152 g/mol. The van der Waals surface area contributed by atoms with Gasteiger partial charge in [0, 0.05) is 6.42 Å². The quantitative estimate of drug-likeness (QED) is 0.340. The highest BCUT2D eigenvalue weighted by Crippen LogP contribution is 2.05. The van der Waals surface area contributed by atoms with Crippen LogP contribution in [0.3, 0.4) is 0 Å². The third-order valence-electron chi connectivity index (χ3n) is 1.17. The fourth-order valence-corrected chi connectivity index (χ4v) is 0.651. The number of hydrogen-bond acceptors (Lipinski definition) is 0. The lowest BCUT2D eigenvalue weighted by Gasteiger charge is -2.01. The Morgan fingerprint density at radius 3 is 2.27 bits per heavy atom. The van der Waals surface area contributed by atoms with E-state index in [0.717, 1.165) is 19.3 Å². The molecule has 0 aliphatic rings. The Morgan fingerprint density at radius 2 is 1.82 bits per heavy atom. The smallest absolute Gasteiger partial charge is 0.438 e. The molecule has 0 rings (SSSR count). The van der Waals surface area contributed by atoms with Gasteiger partial charge in [-0.05, 0) is 6.42 Å². The van der Waals surface area contributed by atoms with Gasteiger partial charge in [-0.1, -0.05) is 19.8 Å². The van der Waals surface area contributed by atoms with Gasteiger partial charge in [-0.25, -0.2) is 5.82 Å². The van der Waals surface area contributed by atoms with Crippen molar-refractivity contribution in [2.45, 2.75) is 32.6 Å². The normalized spacial score (nSPS) is 10.5. The molecule has 0 spiro atoms. The highest BCUT2D eigenvalue weighted by atomic mass is 19.4. The van der Waals surface area contributed by atoms with E-state index < -0.39 is 6.98 Å². The van der Waals surface area contributed by atoms with Gasteiger partial charge in [0.2, 0.25) is 0 Å². The predicted octanol–water partition coefficient (Wildman–Crippen LogP) is 2.96. The first-order valence-electron chi connectivity index (χ1n) is 3.75. The molecule has 0 saturated heterocycles. The molecule has 0 aromatic rings. The molecule has 4 heteroatoms. The summed E-state index contributed by atoms with van der Waals surface area (Å²) in [5.74, 6) is 3.41. The molecule has 0 radical (unpaired) electrons. The molecule has 0 aromatic carbocycles. The molecule has 0 N–H and O–H groups in total. The third-order valence-corrected chi connectivity index (χ3v) is 1.17. The molecule has 0 bridgehead atoms. The monoisotopic (exact) mass is 163 g/mol. The first-order valence-corrected chi connectivity index (χ1v) is 3.75. The lowest BCUT2D eigenvalue weighted by molar-refractivity contribution is 0.503. The van der Waals surface area contributed by atoms with Crippen LogP contribution in [0.15, 0.2) is 0 Å². The van der Waals surface area contributed by atoms with Crippen LogP contribution in [-0.2, 0) is 0 Å². The van der Waals surface area contributed by atoms with Gasteiger partial charge in [0.05, 0.1) is 0 Å². The Bertz CT molecular complexity index is 151. The SMILES string of the molecule is CCCCCC#C[B-](F)(F)F. The van der Waals surface area contributed by atoms with Crippen molar-refractivity contribution in [3.8, 4) is 11.7 Å². The zero-order valence-corrected chi connectivity index (χ0v) is 6.54. The van der Waals surface area contributed by atoms with Crippen molar-refractivity contribution in [1.82, 2.24) is 0 Å². The molecule has 11 heavy (non-hydrogen) atoms. The van der Waals surface area contributed by atoms with Crippen LogP contribution in [0.25, 0.3) is 0 Å². The lowest BCUT2D eigenvalue weighted by Crippen LogP contribution is -2.10. The summed E-state index contributed by atoms with van der Waals surface area (Å²) in [6.45, 7) is -2.88. The van der Waals surface area contributed by atoms with Crippen LogP contribution in [0, 0.1) is 11.7 Å². The minimum absolute atomic E-state index is 0.370. The summed E-state index contributed by atoms with van der Waals surface area (Å²) in [6.07, 6.45) is 3.11. The summed E-state index contributed by atoms with van der Waals surface area (Å²) in [6, 6.07) is 0. The Balaban J connectivity index is 3.41. The predicted molar refractivity (Wildman–Crippen MR) is 41.0 cm³/mol. The Morgan fingerprint density at radius 1 is 1.18 bits per heavy atom. The highest BCUT2D eigenvalue weighted by molar-refractivity contribution is 6.67. The van der Waals surface area contributed by atoms with E-state index in [4.69, 9.17) is 0 Å². The molecule has 0 unspecified atom stereocenters. The average Bonchev–Trinajstić information content (AvgIpc) is 1.85. The van der Waals surface area contributed by atoms with Crippen molar-refractivity contribution >= 4 is 6.98 Å². The van der Waals surface area contributed by atoms with E-state index >= 15 is 0 Å². The molecule has 0 nitrogen and oxygen atoms in total. The molecular formula is C7H11BF3-. The van der Waals surface area contributed by atoms with Crippen molar-refractivity contribution in [2.24, 2.45) is 0 Å². The summed E-state index contributed by atoms with van der Waals surface area (Å²) >= 11 is 0. The van der Waals surface area contributed by atoms with E-state index in [9.17, 15) is 12.9 Å². The topological polar surface area (TPSA) is 0 Å². The van der Waals surface area contributed by atoms with E-state index in [1.165, 1.54) is 5.82 Å². The summed E-state index contributed by atoms with van der Waals surface area (Å²) in [5, 5.41) is 0. The van der Waals surface area contributed by atoms with Gasteiger partial charge < -0.3 is 12.9 Å². The fourth-order valence-electron chi connectivity index (χ4n) is 0.651. The first kappa shape index (κ1) is 10.4. The Labute approximate surface area is 65.2 Å². The second-order valence-electron chi connectivity index (χ2n) is 2.35. The maximum atomic E-state index is 11.5. The molecule has 0 saturated carbocycles. The fraction of sp³-hybridized carbons (Fsp3) is 0.714. The molecule has 0 amide bonds. The number of unbranched alkanes of at least 4 members (excludes halogenated alkanes) is 3. The highest BCUT2D eigenvalue weighted by Gasteiger charge is 2.17. The van der Waals surface area contributed by atoms with E-state index in [-0.39, 0.29) is 0 Å². The number of halogens is 3. The zero-order chi connectivity index (χ0) is 8.74. The minimum Gasteiger partial charge on any atom is -0.438 e. The molecule has 0 atom stereocenters. The standard InChI is InChI=1S/C7H11BF3/c1-2-3-4-5-6-7-8(9,10)11/h2-5H2,1H3/q-1. The summed E-state index contributed by atoms with van der Waals surface area (Å²) < 4.78 is 34.4. The molecule has 0 heterocycles. The van der Waals surface area contributed by atoms with Gasteiger partial charge in [0.25, 0.3) is 0 Å². The lowest BCUT2D eigenvalue weighted by atomic mass is 9.93. The molecule has 0 aliphatic heterocycles. The van der Waals surface area contributed by atoms with Crippen molar-refractivity contribution in [1.29, 1.82) is 0 Å². The van der Waals surface area contributed by atoms with Crippen LogP contribution >= 0.6 is 0 Å². The van der Waals surface area contributed by atoms with E-state index in [1.54, 1.807) is 0 Å². The second-order valence-corrected chi connectivity index (χ2v) is 2.35. The van der Waals surface area contributed by atoms with Gasteiger partial charge in [0.15, 0.2) is 0 Å². The molecule has 0 fully saturated rings. The first-order chi connectivity index (χ1) is 5.06. The Hall–Kier alpha value is -0.585. The third kappa shape index (κ3) is 9.41. The van der Waals surface area contributed by atoms with Gasteiger partial charge in [-0.2, -0.15) is 0 Å². The minimum atomic E-state index is -4.88. The van der Waals surface area contributed by atoms with Crippen molar-refractivity contribution < 1.29 is 12.9 Å². The molecule has 0 aliphatic carbocycles. The van der Waals surface area contributed by atoms with Crippen LogP contribution < -0.4 is 0 Å². The van der Waals surface area contributed by atoms with E-state index in [0.29, 0.717) is 6.42 Å². The van der Waals surface area contributed by atoms with Crippen LogP contribution in [-0.4, -0.2) is 6.98 Å². The van der Waals surface area contributed by atoms with Gasteiger partial charge >= 0.3 is 6.98 Å². The summed E-state index contributed by atoms with van der Waals surface area (Å²) in [4.78, 5) is 0. The largest absolute Gasteiger partial charge is 0.557 e. The summed E-state index contributed by atoms with van der Waals surface area (Å²) in [5.41, 5.74) is 0. The van der Waals surface area contributed by atoms with Crippen molar-refractivity contribution in [3.05, 3.63) is 0 Å². The van der Waals surface area contributed by atoms with Crippen molar-refractivity contribution in [3.63, 3.8) is 0 Å². The average molecular weight is 163 g/mol. The maximum Gasteiger partial charge on any atom is 0.557 e. The van der Waals surface area contributed by atoms with Gasteiger partial charge in [-0.3, -0.25) is 0 Å². The maximum absolute atomic E-state index is 11.5. The van der Waals surface area contributed by atoms with Gasteiger partial charge in [0.1, 0.15) is 0 Å². The van der Waals surface area contributed by atoms with Crippen LogP contribution in [0.4, 0.5) is 12.9 Å². The van der Waals surface area contributed by atoms with Crippen LogP contribution in [0.1, 0.15) is 32.6 Å². The molecule has 0 aromatic heterocycles. The van der Waals surface area contributed by atoms with Crippen molar-refractivity contribution in [2.75, 3.05) is 0 Å². The number of rotatable bonds is 3. The second kappa shape index (κ2) is 5.12. The zero-order valence-electron chi connectivity index (χ0n) is 6.54. The van der Waals surface area contributed by atoms with E-state index in [1.807, 2.05) is 6.92 Å². The van der Waals surface area contributed by atoms with Crippen LogP contribution in [0.2, 0.25) is 0 Å². The Kier molecular flexibility index (Phi) is 4.84. The van der Waals surface area contributed by atoms with Crippen LogP contribution in [0.5, 0.6) is 0 Å². The number of hydrogen-bond donors (Lipinski definition) is 0. The van der Waals surface area contributed by atoms with E-state index in [2.05, 4.69) is 5.92 Å². The van der Waals surface area contributed by atoms with Gasteiger partial charge in [-0.15, -0.1) is 5.92 Å². The summed E-state index contributed by atoms with van der Waals surface area (Å²) in [7, 11) is 0.